The Balaban J connectivity index is 2.02. The summed E-state index contributed by atoms with van der Waals surface area (Å²) in [5.41, 5.74) is 5.01. The first-order chi connectivity index (χ1) is 9.08. The lowest BCUT2D eigenvalue weighted by Gasteiger charge is -2.17. The van der Waals surface area contributed by atoms with Gasteiger partial charge in [0.1, 0.15) is 0 Å². The van der Waals surface area contributed by atoms with Gasteiger partial charge < -0.3 is 5.32 Å². The zero-order valence-electron chi connectivity index (χ0n) is 11.7. The van der Waals surface area contributed by atoms with E-state index in [4.69, 9.17) is 11.6 Å². The Bertz CT molecular complexity index is 563. The van der Waals surface area contributed by atoms with Crippen LogP contribution in [0.2, 0.25) is 5.02 Å². The highest BCUT2D eigenvalue weighted by Gasteiger charge is 2.07. The van der Waals surface area contributed by atoms with E-state index in [1.807, 2.05) is 13.0 Å². The molecule has 0 aliphatic rings. The van der Waals surface area contributed by atoms with Gasteiger partial charge in [-0.05, 0) is 49.1 Å². The van der Waals surface area contributed by atoms with Gasteiger partial charge in [-0.15, -0.1) is 0 Å². The van der Waals surface area contributed by atoms with Crippen LogP contribution in [0, 0.1) is 13.8 Å². The van der Waals surface area contributed by atoms with Crippen LogP contribution in [0.4, 0.5) is 0 Å². The molecule has 0 heterocycles. The molecule has 0 unspecified atom stereocenters. The van der Waals surface area contributed by atoms with E-state index in [1.165, 1.54) is 16.7 Å². The summed E-state index contributed by atoms with van der Waals surface area (Å²) in [6.45, 7) is 7.19. The smallest absolute Gasteiger partial charge is 0.0438 e. The van der Waals surface area contributed by atoms with Gasteiger partial charge in [-0.2, -0.15) is 0 Å². The van der Waals surface area contributed by atoms with Crippen LogP contribution in [0.1, 0.15) is 35.2 Å². The van der Waals surface area contributed by atoms with Crippen molar-refractivity contribution in [3.63, 3.8) is 0 Å². The molecule has 2 heteroatoms. The molecule has 0 aliphatic heterocycles. The fraction of sp³-hybridized carbons (Fsp3) is 0.294. The van der Waals surface area contributed by atoms with Crippen molar-refractivity contribution in [2.75, 3.05) is 0 Å². The van der Waals surface area contributed by atoms with Gasteiger partial charge in [0.15, 0.2) is 0 Å². The van der Waals surface area contributed by atoms with Gasteiger partial charge in [0.2, 0.25) is 0 Å². The van der Waals surface area contributed by atoms with Crippen molar-refractivity contribution in [2.45, 2.75) is 33.4 Å². The van der Waals surface area contributed by atoms with Crippen molar-refractivity contribution in [1.29, 1.82) is 0 Å². The first-order valence-corrected chi connectivity index (χ1v) is 6.99. The molecule has 0 aromatic heterocycles. The van der Waals surface area contributed by atoms with Crippen LogP contribution >= 0.6 is 11.6 Å². The minimum atomic E-state index is 0.335. The predicted molar refractivity (Wildman–Crippen MR) is 82.6 cm³/mol. The maximum absolute atomic E-state index is 6.14. The van der Waals surface area contributed by atoms with E-state index in [9.17, 15) is 0 Å². The lowest BCUT2D eigenvalue weighted by atomic mass is 10.0. The van der Waals surface area contributed by atoms with Gasteiger partial charge in [-0.25, -0.2) is 0 Å². The Morgan fingerprint density at radius 1 is 1.05 bits per heavy atom. The summed E-state index contributed by atoms with van der Waals surface area (Å²) >= 11 is 6.14. The fourth-order valence-corrected chi connectivity index (χ4v) is 2.40. The Labute approximate surface area is 120 Å². The lowest BCUT2D eigenvalue weighted by molar-refractivity contribution is 0.572. The number of aryl methyl sites for hydroxylation is 2. The minimum absolute atomic E-state index is 0.335. The summed E-state index contributed by atoms with van der Waals surface area (Å²) < 4.78 is 0. The molecule has 2 rings (SSSR count). The largest absolute Gasteiger partial charge is 0.306 e. The average Bonchev–Trinajstić information content (AvgIpc) is 2.40. The van der Waals surface area contributed by atoms with E-state index >= 15 is 0 Å². The first kappa shape index (κ1) is 14.1. The van der Waals surface area contributed by atoms with Crippen molar-refractivity contribution >= 4 is 11.6 Å². The van der Waals surface area contributed by atoms with E-state index in [-0.39, 0.29) is 0 Å². The molecule has 0 fully saturated rings. The van der Waals surface area contributed by atoms with Crippen molar-refractivity contribution in [3.05, 3.63) is 69.7 Å². The molecule has 0 bridgehead atoms. The molecule has 0 radical (unpaired) electrons. The van der Waals surface area contributed by atoms with Crippen LogP contribution in [-0.4, -0.2) is 0 Å². The number of halogens is 1. The van der Waals surface area contributed by atoms with Crippen LogP contribution in [0.3, 0.4) is 0 Å². The van der Waals surface area contributed by atoms with Crippen molar-refractivity contribution in [2.24, 2.45) is 0 Å². The molecule has 1 atom stereocenters. The second-order valence-electron chi connectivity index (χ2n) is 5.04. The summed E-state index contributed by atoms with van der Waals surface area (Å²) in [4.78, 5) is 0. The van der Waals surface area contributed by atoms with Gasteiger partial charge >= 0.3 is 0 Å². The van der Waals surface area contributed by atoms with Crippen molar-refractivity contribution in [1.82, 2.24) is 5.32 Å². The first-order valence-electron chi connectivity index (χ1n) is 6.62. The Morgan fingerprint density at radius 3 is 2.47 bits per heavy atom. The zero-order chi connectivity index (χ0) is 13.8. The number of rotatable bonds is 4. The third kappa shape index (κ3) is 3.59. The third-order valence-electron chi connectivity index (χ3n) is 3.50. The maximum Gasteiger partial charge on any atom is 0.0438 e. The highest BCUT2D eigenvalue weighted by Crippen LogP contribution is 2.19. The van der Waals surface area contributed by atoms with E-state index in [0.717, 1.165) is 17.1 Å². The summed E-state index contributed by atoms with van der Waals surface area (Å²) in [6.07, 6.45) is 0. The molecule has 100 valence electrons. The minimum Gasteiger partial charge on any atom is -0.306 e. The molecule has 2 aromatic rings. The molecular formula is C17H20ClN. The van der Waals surface area contributed by atoms with Gasteiger partial charge in [0.05, 0.1) is 0 Å². The second kappa shape index (κ2) is 6.23. The van der Waals surface area contributed by atoms with Crippen LogP contribution in [0.25, 0.3) is 0 Å². The van der Waals surface area contributed by atoms with Gasteiger partial charge in [-0.1, -0.05) is 48.0 Å². The molecule has 0 amide bonds. The molecule has 0 saturated carbocycles. The molecule has 0 saturated heterocycles. The quantitative estimate of drug-likeness (QED) is 0.843. The Morgan fingerprint density at radius 2 is 1.79 bits per heavy atom. The molecular weight excluding hydrogens is 254 g/mol. The van der Waals surface area contributed by atoms with Crippen LogP contribution in [0.15, 0.2) is 42.5 Å². The highest BCUT2D eigenvalue weighted by atomic mass is 35.5. The Hall–Kier alpha value is -1.31. The molecule has 0 aliphatic carbocycles. The summed E-state index contributed by atoms with van der Waals surface area (Å²) in [6, 6.07) is 15.0. The molecule has 1 nitrogen and oxygen atoms in total. The number of benzene rings is 2. The highest BCUT2D eigenvalue weighted by molar-refractivity contribution is 6.31. The zero-order valence-corrected chi connectivity index (χ0v) is 12.5. The standard InChI is InChI=1S/C17H20ClN/c1-12-6-4-5-7-16(12)14(3)19-11-15-9-8-13(2)17(18)10-15/h4-10,14,19H,11H2,1-3H3/t14-/m0/s1. The van der Waals surface area contributed by atoms with Crippen LogP contribution in [0.5, 0.6) is 0 Å². The third-order valence-corrected chi connectivity index (χ3v) is 3.91. The summed E-state index contributed by atoms with van der Waals surface area (Å²) in [5.74, 6) is 0. The van der Waals surface area contributed by atoms with Crippen LogP contribution in [-0.2, 0) is 6.54 Å². The maximum atomic E-state index is 6.14. The normalized spacial score (nSPS) is 12.4. The van der Waals surface area contributed by atoms with E-state index in [0.29, 0.717) is 6.04 Å². The molecule has 19 heavy (non-hydrogen) atoms. The van der Waals surface area contributed by atoms with Gasteiger partial charge in [0.25, 0.3) is 0 Å². The van der Waals surface area contributed by atoms with Crippen LogP contribution < -0.4 is 5.32 Å². The lowest BCUT2D eigenvalue weighted by Crippen LogP contribution is -2.18. The molecule has 1 N–H and O–H groups in total. The van der Waals surface area contributed by atoms with E-state index < -0.39 is 0 Å². The summed E-state index contributed by atoms with van der Waals surface area (Å²) in [7, 11) is 0. The number of hydrogen-bond acceptors (Lipinski definition) is 1. The van der Waals surface area contributed by atoms with Gasteiger partial charge in [-0.3, -0.25) is 0 Å². The topological polar surface area (TPSA) is 12.0 Å². The SMILES string of the molecule is Cc1ccc(CN[C@@H](C)c2ccccc2C)cc1Cl. The number of nitrogens with one attached hydrogen (secondary N) is 1. The van der Waals surface area contributed by atoms with Crippen molar-refractivity contribution in [3.8, 4) is 0 Å². The fourth-order valence-electron chi connectivity index (χ4n) is 2.20. The molecule has 2 aromatic carbocycles. The number of hydrogen-bond donors (Lipinski definition) is 1. The van der Waals surface area contributed by atoms with Crippen molar-refractivity contribution < 1.29 is 0 Å². The monoisotopic (exact) mass is 273 g/mol. The predicted octanol–water partition coefficient (Wildman–Crippen LogP) is 4.81. The van der Waals surface area contributed by atoms with Gasteiger partial charge in [0, 0.05) is 17.6 Å². The summed E-state index contributed by atoms with van der Waals surface area (Å²) in [5, 5.41) is 4.38. The average molecular weight is 274 g/mol. The van der Waals surface area contributed by atoms with E-state index in [2.05, 4.69) is 55.6 Å². The Kier molecular flexibility index (Phi) is 4.62. The second-order valence-corrected chi connectivity index (χ2v) is 5.45. The van der Waals surface area contributed by atoms with E-state index in [1.54, 1.807) is 0 Å². The molecule has 0 spiro atoms.